The molecule has 2 N–H and O–H groups in total. The highest BCUT2D eigenvalue weighted by Gasteiger charge is 2.01. The Labute approximate surface area is 194 Å². The first kappa shape index (κ1) is 23.4. The Hall–Kier alpha value is -2.88. The molecule has 0 unspecified atom stereocenters. The number of ether oxygens (including phenoxy) is 2. The minimum Gasteiger partial charge on any atom is -0.490 e. The number of nitrogens with one attached hydrogen (secondary N) is 2. The van der Waals surface area contributed by atoms with Crippen LogP contribution in [0.1, 0.15) is 11.3 Å². The van der Waals surface area contributed by atoms with Gasteiger partial charge in [0, 0.05) is 32.1 Å². The third-order valence-electron chi connectivity index (χ3n) is 3.99. The maximum Gasteiger partial charge on any atom is 0.213 e. The SMILES string of the molecule is CN=C(NCc1ccc(OCCOc2ccccc2)nc1)NCc1ccccn1.I. The molecule has 0 saturated heterocycles. The lowest BCUT2D eigenvalue weighted by molar-refractivity contribution is 0.212. The van der Waals surface area contributed by atoms with Crippen molar-refractivity contribution < 1.29 is 9.47 Å². The van der Waals surface area contributed by atoms with Gasteiger partial charge in [-0.15, -0.1) is 24.0 Å². The van der Waals surface area contributed by atoms with E-state index in [-0.39, 0.29) is 24.0 Å². The first-order valence-corrected chi connectivity index (χ1v) is 9.43. The molecule has 3 aromatic rings. The standard InChI is InChI=1S/C22H25N5O2.HI/c1-23-22(27-17-19-7-5-6-12-24-19)26-16-18-10-11-21(25-15-18)29-14-13-28-20-8-3-2-4-9-20;/h2-12,15H,13-14,16-17H2,1H3,(H2,23,26,27);1H. The number of guanidine groups is 1. The van der Waals surface area contributed by atoms with Crippen LogP contribution in [0.3, 0.4) is 0 Å². The summed E-state index contributed by atoms with van der Waals surface area (Å²) in [6.07, 6.45) is 3.56. The molecule has 0 bridgehead atoms. The topological polar surface area (TPSA) is 80.7 Å². The average Bonchev–Trinajstić information content (AvgIpc) is 2.79. The summed E-state index contributed by atoms with van der Waals surface area (Å²) in [4.78, 5) is 12.8. The molecular formula is C22H26IN5O2. The zero-order valence-corrected chi connectivity index (χ0v) is 19.2. The molecule has 0 spiro atoms. The third-order valence-corrected chi connectivity index (χ3v) is 3.99. The van der Waals surface area contributed by atoms with E-state index in [4.69, 9.17) is 9.47 Å². The van der Waals surface area contributed by atoms with Crippen molar-refractivity contribution in [2.24, 2.45) is 4.99 Å². The summed E-state index contributed by atoms with van der Waals surface area (Å²) < 4.78 is 11.2. The number of halogens is 1. The van der Waals surface area contributed by atoms with Crippen molar-refractivity contribution >= 4 is 29.9 Å². The van der Waals surface area contributed by atoms with Gasteiger partial charge < -0.3 is 20.1 Å². The van der Waals surface area contributed by atoms with Crippen LogP contribution in [-0.4, -0.2) is 36.2 Å². The number of hydrogen-bond acceptors (Lipinski definition) is 5. The number of aromatic nitrogens is 2. The largest absolute Gasteiger partial charge is 0.490 e. The Morgan fingerprint density at radius 2 is 1.63 bits per heavy atom. The number of nitrogens with zero attached hydrogens (tertiary/aromatic N) is 3. The Kier molecular flexibility index (Phi) is 10.4. The van der Waals surface area contributed by atoms with Crippen LogP contribution in [0.15, 0.2) is 78.0 Å². The molecule has 2 heterocycles. The molecular weight excluding hydrogens is 493 g/mol. The van der Waals surface area contributed by atoms with Gasteiger partial charge in [0.15, 0.2) is 5.96 Å². The normalized spacial score (nSPS) is 10.6. The highest BCUT2D eigenvalue weighted by Crippen LogP contribution is 2.10. The third kappa shape index (κ3) is 8.24. The summed E-state index contributed by atoms with van der Waals surface area (Å²) in [6, 6.07) is 19.3. The van der Waals surface area contributed by atoms with Crippen molar-refractivity contribution in [2.75, 3.05) is 20.3 Å². The van der Waals surface area contributed by atoms with Crippen LogP contribution in [0.4, 0.5) is 0 Å². The van der Waals surface area contributed by atoms with Gasteiger partial charge >= 0.3 is 0 Å². The smallest absolute Gasteiger partial charge is 0.213 e. The van der Waals surface area contributed by atoms with Crippen molar-refractivity contribution in [1.29, 1.82) is 0 Å². The van der Waals surface area contributed by atoms with E-state index in [0.29, 0.717) is 38.1 Å². The number of hydrogen-bond donors (Lipinski definition) is 2. The fourth-order valence-corrected chi connectivity index (χ4v) is 2.51. The van der Waals surface area contributed by atoms with Crippen LogP contribution in [0, 0.1) is 0 Å². The van der Waals surface area contributed by atoms with Gasteiger partial charge in [0.25, 0.3) is 0 Å². The molecule has 0 aliphatic heterocycles. The summed E-state index contributed by atoms with van der Waals surface area (Å²) >= 11 is 0. The number of benzene rings is 1. The molecule has 158 valence electrons. The van der Waals surface area contributed by atoms with E-state index < -0.39 is 0 Å². The van der Waals surface area contributed by atoms with Crippen LogP contribution in [-0.2, 0) is 13.1 Å². The quantitative estimate of drug-likeness (QED) is 0.195. The van der Waals surface area contributed by atoms with Gasteiger partial charge in [-0.25, -0.2) is 4.98 Å². The zero-order chi connectivity index (χ0) is 20.2. The van der Waals surface area contributed by atoms with E-state index in [1.807, 2.05) is 60.7 Å². The fraction of sp³-hybridized carbons (Fsp3) is 0.227. The lowest BCUT2D eigenvalue weighted by Crippen LogP contribution is -2.36. The first-order chi connectivity index (χ1) is 14.3. The van der Waals surface area contributed by atoms with E-state index in [2.05, 4.69) is 25.6 Å². The second kappa shape index (κ2) is 13.4. The summed E-state index contributed by atoms with van der Waals surface area (Å²) in [5.41, 5.74) is 1.98. The van der Waals surface area contributed by atoms with E-state index in [0.717, 1.165) is 17.0 Å². The minimum absolute atomic E-state index is 0. The molecule has 30 heavy (non-hydrogen) atoms. The van der Waals surface area contributed by atoms with Gasteiger partial charge in [-0.1, -0.05) is 30.3 Å². The monoisotopic (exact) mass is 519 g/mol. The minimum atomic E-state index is 0. The molecule has 1 aromatic carbocycles. The summed E-state index contributed by atoms with van der Waals surface area (Å²) in [5.74, 6) is 2.10. The van der Waals surface area contributed by atoms with E-state index >= 15 is 0 Å². The van der Waals surface area contributed by atoms with Gasteiger partial charge in [0.1, 0.15) is 19.0 Å². The highest BCUT2D eigenvalue weighted by molar-refractivity contribution is 14.0. The molecule has 7 nitrogen and oxygen atoms in total. The predicted octanol–water partition coefficient (Wildman–Crippen LogP) is 3.42. The van der Waals surface area contributed by atoms with E-state index in [1.165, 1.54) is 0 Å². The summed E-state index contributed by atoms with van der Waals surface area (Å²) in [6.45, 7) is 2.11. The van der Waals surface area contributed by atoms with Crippen LogP contribution >= 0.6 is 24.0 Å². The molecule has 0 fully saturated rings. The van der Waals surface area contributed by atoms with E-state index in [9.17, 15) is 0 Å². The second-order valence-corrected chi connectivity index (χ2v) is 6.12. The molecule has 0 saturated carbocycles. The van der Waals surface area contributed by atoms with Crippen molar-refractivity contribution in [3.63, 3.8) is 0 Å². The van der Waals surface area contributed by atoms with Gasteiger partial charge in [-0.3, -0.25) is 9.98 Å². The Morgan fingerprint density at radius 1 is 0.867 bits per heavy atom. The highest BCUT2D eigenvalue weighted by atomic mass is 127. The van der Waals surface area contributed by atoms with E-state index in [1.54, 1.807) is 19.4 Å². The molecule has 8 heteroatoms. The molecule has 0 radical (unpaired) electrons. The maximum absolute atomic E-state index is 5.62. The number of pyridine rings is 2. The van der Waals surface area contributed by atoms with Crippen molar-refractivity contribution in [3.8, 4) is 11.6 Å². The number of rotatable bonds is 9. The molecule has 3 rings (SSSR count). The van der Waals surface area contributed by atoms with Gasteiger partial charge in [-0.05, 0) is 29.8 Å². The lowest BCUT2D eigenvalue weighted by atomic mass is 10.3. The van der Waals surface area contributed by atoms with Crippen molar-refractivity contribution in [2.45, 2.75) is 13.1 Å². The average molecular weight is 519 g/mol. The number of aliphatic imine (C=N–C) groups is 1. The Bertz CT molecular complexity index is 877. The zero-order valence-electron chi connectivity index (χ0n) is 16.8. The lowest BCUT2D eigenvalue weighted by Gasteiger charge is -2.12. The Morgan fingerprint density at radius 3 is 2.33 bits per heavy atom. The predicted molar refractivity (Wildman–Crippen MR) is 128 cm³/mol. The maximum atomic E-state index is 5.62. The molecule has 0 atom stereocenters. The van der Waals surface area contributed by atoms with Crippen LogP contribution in [0.25, 0.3) is 0 Å². The van der Waals surface area contributed by atoms with Crippen molar-refractivity contribution in [3.05, 3.63) is 84.3 Å². The fourth-order valence-electron chi connectivity index (χ4n) is 2.51. The van der Waals surface area contributed by atoms with Crippen LogP contribution in [0.5, 0.6) is 11.6 Å². The van der Waals surface area contributed by atoms with Crippen LogP contribution < -0.4 is 20.1 Å². The summed E-state index contributed by atoms with van der Waals surface area (Å²) in [7, 11) is 1.74. The van der Waals surface area contributed by atoms with Crippen molar-refractivity contribution in [1.82, 2.24) is 20.6 Å². The Balaban J connectivity index is 0.00000320. The van der Waals surface area contributed by atoms with Gasteiger partial charge in [0.2, 0.25) is 5.88 Å². The second-order valence-electron chi connectivity index (χ2n) is 6.12. The molecule has 0 aliphatic rings. The van der Waals surface area contributed by atoms with Crippen LogP contribution in [0.2, 0.25) is 0 Å². The molecule has 0 aliphatic carbocycles. The first-order valence-electron chi connectivity index (χ1n) is 9.43. The molecule has 2 aromatic heterocycles. The van der Waals surface area contributed by atoms with Gasteiger partial charge in [0.05, 0.1) is 12.2 Å². The summed E-state index contributed by atoms with van der Waals surface area (Å²) in [5, 5.41) is 6.49. The number of para-hydroxylation sites is 1. The van der Waals surface area contributed by atoms with Gasteiger partial charge in [-0.2, -0.15) is 0 Å². The molecule has 0 amide bonds.